The van der Waals surface area contributed by atoms with Crippen LogP contribution < -0.4 is 5.32 Å². The number of hydrogen-bond donors (Lipinski definition) is 1. The Morgan fingerprint density at radius 3 is 2.35 bits per heavy atom. The number of benzene rings is 1. The maximum absolute atomic E-state index is 3.61. The van der Waals surface area contributed by atoms with E-state index in [1.54, 1.807) is 0 Å². The summed E-state index contributed by atoms with van der Waals surface area (Å²) in [5, 5.41) is 3.61. The number of rotatable bonds is 9. The fraction of sp³-hybridized carbons (Fsp3) is 0.647. The molecule has 0 radical (unpaired) electrons. The summed E-state index contributed by atoms with van der Waals surface area (Å²) < 4.78 is 1.14. The minimum Gasteiger partial charge on any atom is -0.313 e. The predicted molar refractivity (Wildman–Crippen MR) is 92.0 cm³/mol. The van der Waals surface area contributed by atoms with Crippen molar-refractivity contribution >= 4 is 15.9 Å². The van der Waals surface area contributed by atoms with Crippen LogP contribution in [0.5, 0.6) is 0 Å². The van der Waals surface area contributed by atoms with E-state index in [9.17, 15) is 0 Å². The quantitative estimate of drug-likeness (QED) is 0.721. The molecule has 0 heterocycles. The third-order valence-electron chi connectivity index (χ3n) is 3.53. The van der Waals surface area contributed by atoms with Crippen molar-refractivity contribution in [3.63, 3.8) is 0 Å². The van der Waals surface area contributed by atoms with Gasteiger partial charge >= 0.3 is 0 Å². The van der Waals surface area contributed by atoms with E-state index in [1.807, 2.05) is 0 Å². The second kappa shape index (κ2) is 9.54. The molecule has 20 heavy (non-hydrogen) atoms. The van der Waals surface area contributed by atoms with Crippen LogP contribution in [0, 0.1) is 5.92 Å². The summed E-state index contributed by atoms with van der Waals surface area (Å²) in [6.45, 7) is 10.0. The van der Waals surface area contributed by atoms with Crippen LogP contribution in [0.25, 0.3) is 0 Å². The Hall–Kier alpha value is -0.380. The normalized spacial score (nSPS) is 13.2. The van der Waals surface area contributed by atoms with E-state index < -0.39 is 0 Å². The molecule has 3 heteroatoms. The van der Waals surface area contributed by atoms with Crippen LogP contribution in [0.3, 0.4) is 0 Å². The number of hydrogen-bond acceptors (Lipinski definition) is 2. The molecule has 1 N–H and O–H groups in total. The van der Waals surface area contributed by atoms with E-state index in [4.69, 9.17) is 0 Å². The topological polar surface area (TPSA) is 15.3 Å². The summed E-state index contributed by atoms with van der Waals surface area (Å²) in [6.07, 6.45) is 2.58. The zero-order valence-corrected chi connectivity index (χ0v) is 14.9. The summed E-state index contributed by atoms with van der Waals surface area (Å²) in [5.74, 6) is 0.805. The van der Waals surface area contributed by atoms with Gasteiger partial charge in [-0.25, -0.2) is 0 Å². The van der Waals surface area contributed by atoms with Gasteiger partial charge in [0.2, 0.25) is 0 Å². The summed E-state index contributed by atoms with van der Waals surface area (Å²) in [4.78, 5) is 2.37. The van der Waals surface area contributed by atoms with Crippen LogP contribution in [0.15, 0.2) is 28.7 Å². The molecule has 1 unspecified atom stereocenters. The lowest BCUT2D eigenvalue weighted by atomic mass is 10.0. The Kier molecular flexibility index (Phi) is 8.43. The van der Waals surface area contributed by atoms with E-state index >= 15 is 0 Å². The van der Waals surface area contributed by atoms with Gasteiger partial charge in [-0.15, -0.1) is 0 Å². The summed E-state index contributed by atoms with van der Waals surface area (Å²) in [6, 6.07) is 9.20. The van der Waals surface area contributed by atoms with Gasteiger partial charge in [-0.05, 0) is 50.4 Å². The molecule has 0 amide bonds. The molecule has 1 atom stereocenters. The third kappa shape index (κ3) is 8.03. The van der Waals surface area contributed by atoms with E-state index in [2.05, 4.69) is 78.2 Å². The minimum absolute atomic E-state index is 0.624. The molecule has 0 aliphatic rings. The van der Waals surface area contributed by atoms with Crippen molar-refractivity contribution in [3.8, 4) is 0 Å². The van der Waals surface area contributed by atoms with Gasteiger partial charge in [0.15, 0.2) is 0 Å². The van der Waals surface area contributed by atoms with E-state index in [1.165, 1.54) is 18.4 Å². The summed E-state index contributed by atoms with van der Waals surface area (Å²) in [5.41, 5.74) is 1.36. The van der Waals surface area contributed by atoms with Crippen molar-refractivity contribution in [2.45, 2.75) is 46.2 Å². The van der Waals surface area contributed by atoms with E-state index in [0.29, 0.717) is 6.04 Å². The Morgan fingerprint density at radius 2 is 1.75 bits per heavy atom. The monoisotopic (exact) mass is 340 g/mol. The first-order chi connectivity index (χ1) is 9.47. The maximum Gasteiger partial charge on any atom is 0.0231 e. The molecular formula is C17H29BrN2. The zero-order chi connectivity index (χ0) is 15.0. The average Bonchev–Trinajstić information content (AvgIpc) is 2.39. The SMILES string of the molecule is CC(C)CCC(C)NCCN(C)Cc1ccc(Br)cc1. The number of nitrogens with one attached hydrogen (secondary N) is 1. The van der Waals surface area contributed by atoms with Crippen molar-refractivity contribution < 1.29 is 0 Å². The molecule has 1 aromatic carbocycles. The highest BCUT2D eigenvalue weighted by molar-refractivity contribution is 9.10. The Bertz CT molecular complexity index is 362. The van der Waals surface area contributed by atoms with Crippen LogP contribution in [0.2, 0.25) is 0 Å². The van der Waals surface area contributed by atoms with Gasteiger partial charge in [0.1, 0.15) is 0 Å². The lowest BCUT2D eigenvalue weighted by molar-refractivity contribution is 0.314. The lowest BCUT2D eigenvalue weighted by Gasteiger charge is -2.20. The Balaban J connectivity index is 2.16. The second-order valence-electron chi connectivity index (χ2n) is 6.19. The number of halogens is 1. The number of likely N-dealkylation sites (N-methyl/N-ethyl adjacent to an activating group) is 1. The first-order valence-electron chi connectivity index (χ1n) is 7.63. The van der Waals surface area contributed by atoms with Crippen molar-refractivity contribution in [1.29, 1.82) is 0 Å². The highest BCUT2D eigenvalue weighted by atomic mass is 79.9. The molecule has 1 aromatic rings. The molecule has 0 aliphatic heterocycles. The molecule has 1 rings (SSSR count). The Morgan fingerprint density at radius 1 is 1.10 bits per heavy atom. The fourth-order valence-corrected chi connectivity index (χ4v) is 2.43. The molecule has 114 valence electrons. The molecular weight excluding hydrogens is 312 g/mol. The first-order valence-corrected chi connectivity index (χ1v) is 8.43. The molecule has 0 saturated heterocycles. The van der Waals surface area contributed by atoms with Crippen molar-refractivity contribution in [2.75, 3.05) is 20.1 Å². The van der Waals surface area contributed by atoms with Crippen LogP contribution in [-0.2, 0) is 6.54 Å². The standard InChI is InChI=1S/C17H29BrN2/c1-14(2)5-6-15(3)19-11-12-20(4)13-16-7-9-17(18)10-8-16/h7-10,14-15,19H,5-6,11-13H2,1-4H3. The minimum atomic E-state index is 0.624. The largest absolute Gasteiger partial charge is 0.313 e. The fourth-order valence-electron chi connectivity index (χ4n) is 2.17. The lowest BCUT2D eigenvalue weighted by Crippen LogP contribution is -2.34. The molecule has 0 aromatic heterocycles. The van der Waals surface area contributed by atoms with Crippen LogP contribution in [0.1, 0.15) is 39.2 Å². The van der Waals surface area contributed by atoms with E-state index in [0.717, 1.165) is 30.0 Å². The van der Waals surface area contributed by atoms with Crippen molar-refractivity contribution in [3.05, 3.63) is 34.3 Å². The van der Waals surface area contributed by atoms with Gasteiger partial charge in [0.05, 0.1) is 0 Å². The average molecular weight is 341 g/mol. The molecule has 0 bridgehead atoms. The van der Waals surface area contributed by atoms with Gasteiger partial charge in [0.25, 0.3) is 0 Å². The highest BCUT2D eigenvalue weighted by Gasteiger charge is 2.04. The van der Waals surface area contributed by atoms with Crippen LogP contribution in [0.4, 0.5) is 0 Å². The van der Waals surface area contributed by atoms with Crippen LogP contribution in [-0.4, -0.2) is 31.1 Å². The Labute approximate surface area is 133 Å². The number of nitrogens with zero attached hydrogens (tertiary/aromatic N) is 1. The second-order valence-corrected chi connectivity index (χ2v) is 7.11. The van der Waals surface area contributed by atoms with Gasteiger partial charge in [-0.3, -0.25) is 0 Å². The predicted octanol–water partition coefficient (Wildman–Crippen LogP) is 4.30. The van der Waals surface area contributed by atoms with Crippen molar-refractivity contribution in [2.24, 2.45) is 5.92 Å². The molecule has 2 nitrogen and oxygen atoms in total. The molecule has 0 saturated carbocycles. The smallest absolute Gasteiger partial charge is 0.0231 e. The maximum atomic E-state index is 3.61. The van der Waals surface area contributed by atoms with Gasteiger partial charge in [-0.1, -0.05) is 41.9 Å². The van der Waals surface area contributed by atoms with E-state index in [-0.39, 0.29) is 0 Å². The molecule has 0 spiro atoms. The molecule has 0 aliphatic carbocycles. The van der Waals surface area contributed by atoms with Crippen LogP contribution >= 0.6 is 15.9 Å². The van der Waals surface area contributed by atoms with Gasteiger partial charge in [-0.2, -0.15) is 0 Å². The third-order valence-corrected chi connectivity index (χ3v) is 4.06. The summed E-state index contributed by atoms with van der Waals surface area (Å²) in [7, 11) is 2.18. The summed E-state index contributed by atoms with van der Waals surface area (Å²) >= 11 is 3.47. The molecule has 0 fully saturated rings. The first kappa shape index (κ1) is 17.7. The highest BCUT2D eigenvalue weighted by Crippen LogP contribution is 2.11. The van der Waals surface area contributed by atoms with Gasteiger partial charge < -0.3 is 10.2 Å². The van der Waals surface area contributed by atoms with Crippen molar-refractivity contribution in [1.82, 2.24) is 10.2 Å². The zero-order valence-electron chi connectivity index (χ0n) is 13.3. The van der Waals surface area contributed by atoms with Gasteiger partial charge in [0, 0.05) is 30.1 Å².